The summed E-state index contributed by atoms with van der Waals surface area (Å²) in [6.45, 7) is 5.80. The molecule has 0 saturated heterocycles. The largest absolute Gasteiger partial charge is 0.496 e. The zero-order valence-corrected chi connectivity index (χ0v) is 17.1. The molecule has 8 heteroatoms. The lowest BCUT2D eigenvalue weighted by Gasteiger charge is -2.11. The Kier molecular flexibility index (Phi) is 6.54. The molecule has 3 rings (SSSR count). The first-order chi connectivity index (χ1) is 13.5. The fraction of sp³-hybridized carbons (Fsp3) is 0.250. The van der Waals surface area contributed by atoms with Crippen LogP contribution in [0.25, 0.3) is 0 Å². The first kappa shape index (κ1) is 19.8. The maximum atomic E-state index is 5.49. The Labute approximate surface area is 168 Å². The molecule has 0 spiro atoms. The summed E-state index contributed by atoms with van der Waals surface area (Å²) in [4.78, 5) is 17.2. The number of ether oxygens (including phenoxy) is 1. The molecule has 0 atom stereocenters. The Morgan fingerprint density at radius 3 is 2.50 bits per heavy atom. The number of aromatic nitrogens is 4. The minimum atomic E-state index is 0.488. The van der Waals surface area contributed by atoms with Gasteiger partial charge in [-0.1, -0.05) is 11.8 Å². The summed E-state index contributed by atoms with van der Waals surface area (Å²) in [5.41, 5.74) is 7.60. The van der Waals surface area contributed by atoms with Crippen molar-refractivity contribution in [3.63, 3.8) is 0 Å². The highest BCUT2D eigenvalue weighted by Crippen LogP contribution is 2.27. The molecule has 0 fully saturated rings. The van der Waals surface area contributed by atoms with Crippen LogP contribution in [0.15, 0.2) is 53.0 Å². The van der Waals surface area contributed by atoms with E-state index in [1.807, 2.05) is 39.0 Å². The molecule has 0 amide bonds. The van der Waals surface area contributed by atoms with Gasteiger partial charge in [0.2, 0.25) is 5.95 Å². The molecule has 0 unspecified atom stereocenters. The van der Waals surface area contributed by atoms with Crippen LogP contribution in [0.2, 0.25) is 0 Å². The molecule has 0 radical (unpaired) electrons. The Balaban J connectivity index is 1.77. The second kappa shape index (κ2) is 9.27. The van der Waals surface area contributed by atoms with E-state index in [0.717, 1.165) is 39.1 Å². The number of nitrogens with zero attached hydrogens (tertiary/aromatic N) is 5. The van der Waals surface area contributed by atoms with E-state index in [0.29, 0.717) is 11.7 Å². The molecular formula is C20H22N6OS. The number of hydrogen-bond acceptors (Lipinski definition) is 8. The number of benzene rings is 1. The summed E-state index contributed by atoms with van der Waals surface area (Å²) >= 11 is 1.56. The number of aryl methyl sites for hydroxylation is 2. The lowest BCUT2D eigenvalue weighted by atomic mass is 10.1. The van der Waals surface area contributed by atoms with Gasteiger partial charge in [-0.2, -0.15) is 5.10 Å². The molecular weight excluding hydrogens is 372 g/mol. The molecule has 0 saturated carbocycles. The summed E-state index contributed by atoms with van der Waals surface area (Å²) in [6, 6.07) is 9.72. The molecule has 0 aliphatic carbocycles. The second-order valence-electron chi connectivity index (χ2n) is 6.13. The van der Waals surface area contributed by atoms with Crippen molar-refractivity contribution in [1.82, 2.24) is 19.9 Å². The number of thioether (sulfide) groups is 1. The molecule has 0 aliphatic heterocycles. The number of methoxy groups -OCH3 is 1. The summed E-state index contributed by atoms with van der Waals surface area (Å²) in [5.74, 6) is 2.01. The summed E-state index contributed by atoms with van der Waals surface area (Å²) in [7, 11) is 1.67. The SMILES string of the molecule is COc1ccc(/C(C)=N\Nc2nc(C)cc(C)n2)cc1CSc1ncccn1. The van der Waals surface area contributed by atoms with Gasteiger partial charge in [0, 0.05) is 35.1 Å². The highest BCUT2D eigenvalue weighted by atomic mass is 32.2. The molecule has 28 heavy (non-hydrogen) atoms. The fourth-order valence-corrected chi connectivity index (χ4v) is 3.37. The lowest BCUT2D eigenvalue weighted by Crippen LogP contribution is -2.04. The molecule has 3 aromatic rings. The zero-order chi connectivity index (χ0) is 19.9. The van der Waals surface area contributed by atoms with Crippen LogP contribution in [-0.4, -0.2) is 32.8 Å². The third-order valence-electron chi connectivity index (χ3n) is 3.90. The number of rotatable bonds is 7. The smallest absolute Gasteiger partial charge is 0.243 e. The average Bonchev–Trinajstić information content (AvgIpc) is 2.70. The van der Waals surface area contributed by atoms with Crippen molar-refractivity contribution in [3.05, 3.63) is 65.2 Å². The van der Waals surface area contributed by atoms with Crippen molar-refractivity contribution >= 4 is 23.4 Å². The maximum absolute atomic E-state index is 5.49. The van der Waals surface area contributed by atoms with Crippen molar-refractivity contribution in [1.29, 1.82) is 0 Å². The molecule has 0 bridgehead atoms. The van der Waals surface area contributed by atoms with Crippen LogP contribution in [0.1, 0.15) is 29.4 Å². The number of nitrogens with one attached hydrogen (secondary N) is 1. The van der Waals surface area contributed by atoms with Crippen LogP contribution in [0.4, 0.5) is 5.95 Å². The first-order valence-electron chi connectivity index (χ1n) is 8.75. The van der Waals surface area contributed by atoms with Gasteiger partial charge in [-0.25, -0.2) is 25.4 Å². The number of hydrazone groups is 1. The first-order valence-corrected chi connectivity index (χ1v) is 9.73. The van der Waals surface area contributed by atoms with Crippen molar-refractivity contribution in [2.75, 3.05) is 12.5 Å². The van der Waals surface area contributed by atoms with Gasteiger partial charge in [-0.3, -0.25) is 0 Å². The molecule has 7 nitrogen and oxygen atoms in total. The minimum absolute atomic E-state index is 0.488. The Morgan fingerprint density at radius 1 is 1.11 bits per heavy atom. The van der Waals surface area contributed by atoms with Gasteiger partial charge < -0.3 is 4.74 Å². The van der Waals surface area contributed by atoms with Crippen molar-refractivity contribution in [2.45, 2.75) is 31.7 Å². The summed E-state index contributed by atoms with van der Waals surface area (Å²) < 4.78 is 5.49. The van der Waals surface area contributed by atoms with Gasteiger partial charge in [0.05, 0.1) is 12.8 Å². The summed E-state index contributed by atoms with van der Waals surface area (Å²) in [5, 5.41) is 5.16. The van der Waals surface area contributed by atoms with Gasteiger partial charge >= 0.3 is 0 Å². The van der Waals surface area contributed by atoms with Crippen LogP contribution < -0.4 is 10.2 Å². The maximum Gasteiger partial charge on any atom is 0.243 e. The Bertz CT molecular complexity index is 957. The number of hydrogen-bond donors (Lipinski definition) is 1. The van der Waals surface area contributed by atoms with Crippen molar-refractivity contribution < 1.29 is 4.74 Å². The van der Waals surface area contributed by atoms with E-state index >= 15 is 0 Å². The van der Waals surface area contributed by atoms with Crippen molar-refractivity contribution in [2.24, 2.45) is 5.10 Å². The van der Waals surface area contributed by atoms with Crippen LogP contribution in [0.5, 0.6) is 5.75 Å². The van der Waals surface area contributed by atoms with E-state index < -0.39 is 0 Å². The quantitative estimate of drug-likeness (QED) is 0.280. The van der Waals surface area contributed by atoms with Gasteiger partial charge in [0.15, 0.2) is 5.16 Å². The van der Waals surface area contributed by atoms with Crippen LogP contribution in [0, 0.1) is 13.8 Å². The van der Waals surface area contributed by atoms with E-state index in [2.05, 4.69) is 36.5 Å². The van der Waals surface area contributed by atoms with Gasteiger partial charge in [0.25, 0.3) is 0 Å². The van der Waals surface area contributed by atoms with E-state index in [9.17, 15) is 0 Å². The third kappa shape index (κ3) is 5.26. The number of anilines is 1. The van der Waals surface area contributed by atoms with E-state index in [1.165, 1.54) is 0 Å². The van der Waals surface area contributed by atoms with Crippen LogP contribution in [0.3, 0.4) is 0 Å². The van der Waals surface area contributed by atoms with E-state index in [4.69, 9.17) is 4.74 Å². The topological polar surface area (TPSA) is 85.2 Å². The average molecular weight is 395 g/mol. The predicted molar refractivity (Wildman–Crippen MR) is 112 cm³/mol. The van der Waals surface area contributed by atoms with E-state index in [-0.39, 0.29) is 0 Å². The monoisotopic (exact) mass is 394 g/mol. The second-order valence-corrected chi connectivity index (χ2v) is 7.07. The molecule has 2 aromatic heterocycles. The third-order valence-corrected chi connectivity index (χ3v) is 4.83. The van der Waals surface area contributed by atoms with Crippen LogP contribution in [-0.2, 0) is 5.75 Å². The zero-order valence-electron chi connectivity index (χ0n) is 16.3. The lowest BCUT2D eigenvalue weighted by molar-refractivity contribution is 0.411. The Hall–Kier alpha value is -3.00. The Morgan fingerprint density at radius 2 is 1.82 bits per heavy atom. The highest BCUT2D eigenvalue weighted by molar-refractivity contribution is 7.98. The standard InChI is InChI=1S/C20H22N6OS/c1-13-10-14(2)24-19(23-13)26-25-15(3)16-6-7-18(27-4)17(11-16)12-28-20-21-8-5-9-22-20/h5-11H,12H2,1-4H3,(H,23,24,26)/b25-15-. The van der Waals surface area contributed by atoms with Crippen molar-refractivity contribution in [3.8, 4) is 5.75 Å². The van der Waals surface area contributed by atoms with E-state index in [1.54, 1.807) is 37.3 Å². The van der Waals surface area contributed by atoms with Crippen LogP contribution >= 0.6 is 11.8 Å². The van der Waals surface area contributed by atoms with Gasteiger partial charge in [-0.15, -0.1) is 0 Å². The molecule has 1 N–H and O–H groups in total. The molecule has 144 valence electrons. The highest BCUT2D eigenvalue weighted by Gasteiger charge is 2.09. The molecule has 2 heterocycles. The van der Waals surface area contributed by atoms with Gasteiger partial charge in [-0.05, 0) is 56.7 Å². The molecule has 0 aliphatic rings. The minimum Gasteiger partial charge on any atom is -0.496 e. The molecule has 1 aromatic carbocycles. The fourth-order valence-electron chi connectivity index (χ4n) is 2.59. The summed E-state index contributed by atoms with van der Waals surface area (Å²) in [6.07, 6.45) is 3.47. The normalized spacial score (nSPS) is 11.4. The van der Waals surface area contributed by atoms with Gasteiger partial charge in [0.1, 0.15) is 5.75 Å². The predicted octanol–water partition coefficient (Wildman–Crippen LogP) is 4.02.